The van der Waals surface area contributed by atoms with Crippen LogP contribution < -0.4 is 9.64 Å². The molecule has 3 atom stereocenters. The highest BCUT2D eigenvalue weighted by atomic mass is 16.5. The highest BCUT2D eigenvalue weighted by Gasteiger charge is 2.56. The fourth-order valence-corrected chi connectivity index (χ4v) is 6.53. The Hall–Kier alpha value is -3.97. The van der Waals surface area contributed by atoms with Gasteiger partial charge in [-0.15, -0.1) is 5.10 Å². The number of piperidine rings is 1. The number of carbonyl (C=O) groups is 1. The lowest BCUT2D eigenvalue weighted by atomic mass is 9.68. The monoisotopic (exact) mass is 521 g/mol. The van der Waals surface area contributed by atoms with Gasteiger partial charge in [0.2, 0.25) is 5.91 Å². The maximum atomic E-state index is 14.6. The number of rotatable bonds is 6. The molecule has 2 aliphatic rings. The number of methoxy groups -OCH3 is 1. The molecular formula is C32H35N5O2. The number of hydrogen-bond donors (Lipinski definition) is 0. The van der Waals surface area contributed by atoms with Crippen molar-refractivity contribution in [1.29, 1.82) is 0 Å². The number of anilines is 1. The Bertz CT molecular complexity index is 1480. The summed E-state index contributed by atoms with van der Waals surface area (Å²) >= 11 is 0. The van der Waals surface area contributed by atoms with Gasteiger partial charge >= 0.3 is 0 Å². The number of benzene rings is 3. The SMILES string of the molecule is COc1ccc(CN2C(=O)C3(CC(C)N(Cc4ccccc4)C(c4cn(C)nn4)C3)c3ccc(C)cc32)cc1. The molecule has 0 bridgehead atoms. The summed E-state index contributed by atoms with van der Waals surface area (Å²) in [5.41, 5.74) is 5.93. The van der Waals surface area contributed by atoms with Gasteiger partial charge in [-0.1, -0.05) is 59.8 Å². The molecule has 4 aromatic rings. The fraction of sp³-hybridized carbons (Fsp3) is 0.344. The molecule has 1 aromatic heterocycles. The van der Waals surface area contributed by atoms with E-state index in [0.717, 1.165) is 46.8 Å². The molecule has 0 saturated carbocycles. The number of carbonyl (C=O) groups excluding carboxylic acids is 1. The predicted molar refractivity (Wildman–Crippen MR) is 151 cm³/mol. The van der Waals surface area contributed by atoms with Crippen LogP contribution in [0.3, 0.4) is 0 Å². The standard InChI is InChI=1S/C32H35N5O2/c1-22-10-15-27-29(16-22)37(20-25-11-13-26(39-4)14-12-25)31(38)32(27)17-23(2)36(19-24-8-6-5-7-9-24)30(18-32)28-21-35(3)34-33-28/h5-16,21,23,30H,17-20H2,1-4H3. The molecule has 3 aromatic carbocycles. The van der Waals surface area contributed by atoms with Crippen molar-refractivity contribution < 1.29 is 9.53 Å². The van der Waals surface area contributed by atoms with Crippen LogP contribution in [-0.2, 0) is 30.3 Å². The van der Waals surface area contributed by atoms with E-state index in [-0.39, 0.29) is 18.0 Å². The molecule has 3 unspecified atom stereocenters. The van der Waals surface area contributed by atoms with Crippen molar-refractivity contribution in [3.8, 4) is 5.75 Å². The van der Waals surface area contributed by atoms with Crippen molar-refractivity contribution in [2.45, 2.75) is 57.3 Å². The highest BCUT2D eigenvalue weighted by Crippen LogP contribution is 2.54. The largest absolute Gasteiger partial charge is 0.497 e. The van der Waals surface area contributed by atoms with Gasteiger partial charge < -0.3 is 9.64 Å². The van der Waals surface area contributed by atoms with E-state index in [1.807, 2.05) is 48.5 Å². The number of hydrogen-bond acceptors (Lipinski definition) is 5. The zero-order chi connectivity index (χ0) is 27.1. The second kappa shape index (κ2) is 9.97. The third-order valence-corrected chi connectivity index (χ3v) is 8.44. The van der Waals surface area contributed by atoms with E-state index < -0.39 is 5.41 Å². The van der Waals surface area contributed by atoms with Crippen molar-refractivity contribution >= 4 is 11.6 Å². The minimum Gasteiger partial charge on any atom is -0.497 e. The van der Waals surface area contributed by atoms with Gasteiger partial charge in [0.15, 0.2) is 0 Å². The number of likely N-dealkylation sites (tertiary alicyclic amines) is 1. The molecule has 1 spiro atoms. The lowest BCUT2D eigenvalue weighted by Crippen LogP contribution is -2.53. The Labute approximate surface area is 230 Å². The molecule has 6 rings (SSSR count). The maximum absolute atomic E-state index is 14.6. The minimum atomic E-state index is -0.621. The van der Waals surface area contributed by atoms with Crippen LogP contribution in [0.15, 0.2) is 79.0 Å². The molecule has 1 saturated heterocycles. The molecule has 7 heteroatoms. The third-order valence-electron chi connectivity index (χ3n) is 8.44. The molecule has 0 aliphatic carbocycles. The average molecular weight is 522 g/mol. The summed E-state index contributed by atoms with van der Waals surface area (Å²) in [5, 5.41) is 8.82. The van der Waals surface area contributed by atoms with Crippen molar-refractivity contribution in [1.82, 2.24) is 19.9 Å². The number of aryl methyl sites for hydroxylation is 2. The molecule has 0 N–H and O–H groups in total. The summed E-state index contributed by atoms with van der Waals surface area (Å²) in [6, 6.07) is 25.2. The Morgan fingerprint density at radius 2 is 1.72 bits per heavy atom. The van der Waals surface area contributed by atoms with Crippen molar-refractivity contribution in [3.63, 3.8) is 0 Å². The van der Waals surface area contributed by atoms with E-state index >= 15 is 0 Å². The molecule has 3 heterocycles. The van der Waals surface area contributed by atoms with Gasteiger partial charge in [0.1, 0.15) is 5.75 Å². The summed E-state index contributed by atoms with van der Waals surface area (Å²) in [6.45, 7) is 5.66. The van der Waals surface area contributed by atoms with Gasteiger partial charge in [0.25, 0.3) is 0 Å². The highest BCUT2D eigenvalue weighted by molar-refractivity contribution is 6.08. The van der Waals surface area contributed by atoms with Crippen LogP contribution >= 0.6 is 0 Å². The molecule has 39 heavy (non-hydrogen) atoms. The first-order chi connectivity index (χ1) is 18.9. The van der Waals surface area contributed by atoms with Crippen LogP contribution in [0, 0.1) is 6.92 Å². The smallest absolute Gasteiger partial charge is 0.238 e. The lowest BCUT2D eigenvalue weighted by molar-refractivity contribution is -0.127. The maximum Gasteiger partial charge on any atom is 0.238 e. The van der Waals surface area contributed by atoms with E-state index in [2.05, 4.69) is 71.5 Å². The van der Waals surface area contributed by atoms with Gasteiger partial charge in [-0.05, 0) is 67.1 Å². The lowest BCUT2D eigenvalue weighted by Gasteiger charge is -2.47. The normalized spacial score (nSPS) is 22.9. The van der Waals surface area contributed by atoms with Crippen LogP contribution in [0.4, 0.5) is 5.69 Å². The number of ether oxygens (including phenoxy) is 1. The molecular weight excluding hydrogens is 486 g/mol. The van der Waals surface area contributed by atoms with E-state index in [1.165, 1.54) is 5.56 Å². The number of aromatic nitrogens is 3. The quantitative estimate of drug-likeness (QED) is 0.343. The van der Waals surface area contributed by atoms with Crippen LogP contribution in [0.25, 0.3) is 0 Å². The minimum absolute atomic E-state index is 0.0401. The zero-order valence-corrected chi connectivity index (χ0v) is 23.0. The third kappa shape index (κ3) is 4.51. The Kier molecular flexibility index (Phi) is 6.47. The van der Waals surface area contributed by atoms with Gasteiger partial charge in [-0.3, -0.25) is 14.4 Å². The summed E-state index contributed by atoms with van der Waals surface area (Å²) in [6.07, 6.45) is 3.42. The molecule has 0 radical (unpaired) electrons. The number of fused-ring (bicyclic) bond motifs is 2. The van der Waals surface area contributed by atoms with Crippen molar-refractivity contribution in [3.05, 3.63) is 107 Å². The van der Waals surface area contributed by atoms with Gasteiger partial charge in [-0.25, -0.2) is 0 Å². The second-order valence-corrected chi connectivity index (χ2v) is 11.1. The summed E-state index contributed by atoms with van der Waals surface area (Å²) in [5.74, 6) is 0.990. The topological polar surface area (TPSA) is 63.5 Å². The Morgan fingerprint density at radius 1 is 0.974 bits per heavy atom. The molecule has 1 amide bonds. The average Bonchev–Trinajstić information content (AvgIpc) is 3.46. The first kappa shape index (κ1) is 25.3. The van der Waals surface area contributed by atoms with Gasteiger partial charge in [0, 0.05) is 31.5 Å². The first-order valence-electron chi connectivity index (χ1n) is 13.6. The predicted octanol–water partition coefficient (Wildman–Crippen LogP) is 5.34. The Morgan fingerprint density at radius 3 is 2.41 bits per heavy atom. The van der Waals surface area contributed by atoms with E-state index in [4.69, 9.17) is 4.74 Å². The van der Waals surface area contributed by atoms with Crippen LogP contribution in [0.2, 0.25) is 0 Å². The Balaban J connectivity index is 1.40. The zero-order valence-electron chi connectivity index (χ0n) is 23.0. The second-order valence-electron chi connectivity index (χ2n) is 11.1. The van der Waals surface area contributed by atoms with Gasteiger partial charge in [0.05, 0.1) is 30.8 Å². The van der Waals surface area contributed by atoms with E-state index in [9.17, 15) is 4.79 Å². The molecule has 7 nitrogen and oxygen atoms in total. The summed E-state index contributed by atoms with van der Waals surface area (Å²) < 4.78 is 7.10. The summed E-state index contributed by atoms with van der Waals surface area (Å²) in [7, 11) is 3.57. The fourth-order valence-electron chi connectivity index (χ4n) is 6.53. The van der Waals surface area contributed by atoms with E-state index in [1.54, 1.807) is 11.8 Å². The van der Waals surface area contributed by atoms with Crippen LogP contribution in [0.5, 0.6) is 5.75 Å². The first-order valence-corrected chi connectivity index (χ1v) is 13.6. The van der Waals surface area contributed by atoms with Crippen molar-refractivity contribution in [2.75, 3.05) is 12.0 Å². The van der Waals surface area contributed by atoms with Crippen LogP contribution in [-0.4, -0.2) is 39.0 Å². The van der Waals surface area contributed by atoms with Gasteiger partial charge in [-0.2, -0.15) is 0 Å². The molecule has 2 aliphatic heterocycles. The number of nitrogens with zero attached hydrogens (tertiary/aromatic N) is 5. The van der Waals surface area contributed by atoms with Crippen LogP contribution in [0.1, 0.15) is 53.8 Å². The summed E-state index contributed by atoms with van der Waals surface area (Å²) in [4.78, 5) is 19.1. The molecule has 1 fully saturated rings. The van der Waals surface area contributed by atoms with Crippen molar-refractivity contribution in [2.24, 2.45) is 7.05 Å². The molecule has 200 valence electrons. The number of amides is 1. The van der Waals surface area contributed by atoms with E-state index in [0.29, 0.717) is 13.0 Å².